The molecule has 0 aliphatic carbocycles. The summed E-state index contributed by atoms with van der Waals surface area (Å²) in [7, 11) is 0. The number of amides is 1. The molecule has 7 heteroatoms. The average molecular weight is 495 g/mol. The first-order valence-electron chi connectivity index (χ1n) is 12.1. The summed E-state index contributed by atoms with van der Waals surface area (Å²) in [4.78, 5) is 32.7. The van der Waals surface area contributed by atoms with E-state index in [1.54, 1.807) is 42.7 Å². The Morgan fingerprint density at radius 3 is 2.41 bits per heavy atom. The van der Waals surface area contributed by atoms with Crippen LogP contribution in [-0.2, 0) is 9.59 Å². The molecule has 1 aromatic heterocycles. The van der Waals surface area contributed by atoms with Crippen molar-refractivity contribution in [3.8, 4) is 11.5 Å². The summed E-state index contributed by atoms with van der Waals surface area (Å²) in [5.74, 6) is -0.873. The number of Topliss-reactive ketones (excluding diaryl/α,β-unsaturated/α-hetero) is 1. The molecule has 0 radical (unpaired) electrons. The fourth-order valence-corrected chi connectivity index (χ4v) is 4.74. The van der Waals surface area contributed by atoms with E-state index in [2.05, 4.69) is 4.98 Å². The molecule has 1 aliphatic rings. The van der Waals surface area contributed by atoms with Crippen LogP contribution >= 0.6 is 0 Å². The molecular formula is C30H26N2O5. The molecular weight excluding hydrogens is 468 g/mol. The van der Waals surface area contributed by atoms with E-state index < -0.39 is 17.7 Å². The van der Waals surface area contributed by atoms with Gasteiger partial charge >= 0.3 is 0 Å². The highest BCUT2D eigenvalue weighted by molar-refractivity contribution is 6.52. The normalized spacial score (nSPS) is 16.8. The first-order valence-corrected chi connectivity index (χ1v) is 12.1. The topological polar surface area (TPSA) is 89.0 Å². The number of pyridine rings is 1. The number of ketones is 1. The predicted octanol–water partition coefficient (Wildman–Crippen LogP) is 5.66. The minimum atomic E-state index is -0.866. The van der Waals surface area contributed by atoms with Crippen LogP contribution in [0.1, 0.15) is 31.0 Å². The highest BCUT2D eigenvalue weighted by atomic mass is 16.5. The summed E-state index contributed by atoms with van der Waals surface area (Å²) in [6, 6.07) is 20.9. The molecule has 1 aliphatic heterocycles. The fraction of sp³-hybridized carbons (Fsp3) is 0.167. The van der Waals surface area contributed by atoms with Gasteiger partial charge in [0.2, 0.25) is 0 Å². The molecule has 0 bridgehead atoms. The number of hydrogen-bond acceptors (Lipinski definition) is 6. The first kappa shape index (κ1) is 24.1. The van der Waals surface area contributed by atoms with E-state index in [0.717, 1.165) is 10.8 Å². The molecule has 0 spiro atoms. The lowest BCUT2D eigenvalue weighted by Gasteiger charge is -2.26. The van der Waals surface area contributed by atoms with Crippen molar-refractivity contribution >= 4 is 33.9 Å². The molecule has 37 heavy (non-hydrogen) atoms. The molecule has 1 saturated heterocycles. The Bertz CT molecular complexity index is 1510. The Morgan fingerprint density at radius 1 is 0.919 bits per heavy atom. The summed E-state index contributed by atoms with van der Waals surface area (Å²) in [5, 5.41) is 13.3. The van der Waals surface area contributed by atoms with Gasteiger partial charge in [0, 0.05) is 23.8 Å². The number of hydrogen-bond donors (Lipinski definition) is 1. The highest BCUT2D eigenvalue weighted by Crippen LogP contribution is 2.45. The van der Waals surface area contributed by atoms with Gasteiger partial charge in [0.05, 0.1) is 36.1 Å². The van der Waals surface area contributed by atoms with Gasteiger partial charge in [-0.3, -0.25) is 19.5 Å². The van der Waals surface area contributed by atoms with Crippen LogP contribution in [0.2, 0.25) is 0 Å². The third kappa shape index (κ3) is 4.29. The lowest BCUT2D eigenvalue weighted by molar-refractivity contribution is -0.132. The van der Waals surface area contributed by atoms with Crippen LogP contribution in [0.3, 0.4) is 0 Å². The molecule has 7 nitrogen and oxygen atoms in total. The smallest absolute Gasteiger partial charge is 0.300 e. The number of carbonyl (C=O) groups is 2. The van der Waals surface area contributed by atoms with Crippen molar-refractivity contribution in [2.45, 2.75) is 19.9 Å². The van der Waals surface area contributed by atoms with Crippen LogP contribution < -0.4 is 14.4 Å². The predicted molar refractivity (Wildman–Crippen MR) is 142 cm³/mol. The molecule has 4 aromatic rings. The number of nitrogens with zero attached hydrogens (tertiary/aromatic N) is 2. The number of aliphatic hydroxyl groups is 1. The van der Waals surface area contributed by atoms with E-state index >= 15 is 0 Å². The quantitative estimate of drug-likeness (QED) is 0.203. The van der Waals surface area contributed by atoms with Gasteiger partial charge in [0.1, 0.15) is 17.3 Å². The largest absolute Gasteiger partial charge is 0.507 e. The highest BCUT2D eigenvalue weighted by Gasteiger charge is 2.47. The summed E-state index contributed by atoms with van der Waals surface area (Å²) in [6.07, 6.45) is 3.20. The number of aromatic nitrogens is 1. The molecule has 1 atom stereocenters. The molecule has 0 saturated carbocycles. The van der Waals surface area contributed by atoms with E-state index in [9.17, 15) is 14.7 Å². The Kier molecular flexibility index (Phi) is 6.60. The van der Waals surface area contributed by atoms with Crippen molar-refractivity contribution in [2.24, 2.45) is 0 Å². The lowest BCUT2D eigenvalue weighted by atomic mass is 9.95. The first-order chi connectivity index (χ1) is 18.0. The van der Waals surface area contributed by atoms with Crippen LogP contribution in [0.25, 0.3) is 16.5 Å². The van der Waals surface area contributed by atoms with Gasteiger partial charge < -0.3 is 14.6 Å². The molecule has 1 fully saturated rings. The standard InChI is InChI=1S/C30H26N2O5/c1-3-36-21-12-13-23(25(18-21)37-4-2)28(33)26-27(20-14-16-31-17-15-20)32(30(35)29(26)34)24-11-7-9-19-8-5-6-10-22(19)24/h5-18,27,33H,3-4H2,1-2H3/b28-26+. The third-order valence-electron chi connectivity index (χ3n) is 6.31. The number of benzene rings is 3. The molecule has 1 N–H and O–H groups in total. The van der Waals surface area contributed by atoms with Gasteiger partial charge in [-0.2, -0.15) is 0 Å². The van der Waals surface area contributed by atoms with Crippen LogP contribution in [0.4, 0.5) is 5.69 Å². The second kappa shape index (κ2) is 10.1. The second-order valence-electron chi connectivity index (χ2n) is 8.47. The van der Waals surface area contributed by atoms with Gasteiger partial charge in [-0.15, -0.1) is 0 Å². The zero-order valence-corrected chi connectivity index (χ0v) is 20.5. The molecule has 1 unspecified atom stereocenters. The number of rotatable bonds is 7. The Balaban J connectivity index is 1.75. The minimum Gasteiger partial charge on any atom is -0.507 e. The zero-order chi connectivity index (χ0) is 25.9. The van der Waals surface area contributed by atoms with E-state index in [0.29, 0.717) is 41.5 Å². The monoisotopic (exact) mass is 494 g/mol. The van der Waals surface area contributed by atoms with Gasteiger partial charge in [-0.1, -0.05) is 36.4 Å². The number of aliphatic hydroxyl groups excluding tert-OH is 1. The van der Waals surface area contributed by atoms with Crippen molar-refractivity contribution in [2.75, 3.05) is 18.1 Å². The van der Waals surface area contributed by atoms with Gasteiger partial charge in [0.25, 0.3) is 11.7 Å². The Morgan fingerprint density at radius 2 is 1.65 bits per heavy atom. The van der Waals surface area contributed by atoms with Crippen LogP contribution in [0.15, 0.2) is 90.8 Å². The third-order valence-corrected chi connectivity index (χ3v) is 6.31. The van der Waals surface area contributed by atoms with E-state index in [-0.39, 0.29) is 11.3 Å². The zero-order valence-electron chi connectivity index (χ0n) is 20.5. The Hall–Kier alpha value is -4.65. The summed E-state index contributed by atoms with van der Waals surface area (Å²) in [6.45, 7) is 4.51. The lowest BCUT2D eigenvalue weighted by Crippen LogP contribution is -2.29. The molecule has 5 rings (SSSR count). The van der Waals surface area contributed by atoms with Crippen molar-refractivity contribution in [1.29, 1.82) is 0 Å². The number of anilines is 1. The van der Waals surface area contributed by atoms with Gasteiger partial charge in [-0.25, -0.2) is 0 Å². The summed E-state index contributed by atoms with van der Waals surface area (Å²) >= 11 is 0. The molecule has 186 valence electrons. The SMILES string of the molecule is CCOc1ccc(/C(O)=C2\C(=O)C(=O)N(c3cccc4ccccc34)C2c2ccncc2)c(OCC)c1. The number of carbonyl (C=O) groups excluding carboxylic acids is 2. The van der Waals surface area contributed by atoms with Gasteiger partial charge in [-0.05, 0) is 55.1 Å². The van der Waals surface area contributed by atoms with Crippen molar-refractivity contribution < 1.29 is 24.2 Å². The maximum atomic E-state index is 13.6. The second-order valence-corrected chi connectivity index (χ2v) is 8.47. The van der Waals surface area contributed by atoms with E-state index in [1.165, 1.54) is 4.90 Å². The van der Waals surface area contributed by atoms with Crippen molar-refractivity contribution in [3.63, 3.8) is 0 Å². The van der Waals surface area contributed by atoms with Crippen molar-refractivity contribution in [3.05, 3.63) is 102 Å². The average Bonchev–Trinajstić information content (AvgIpc) is 3.19. The van der Waals surface area contributed by atoms with Crippen LogP contribution in [0.5, 0.6) is 11.5 Å². The maximum absolute atomic E-state index is 13.6. The van der Waals surface area contributed by atoms with E-state index in [4.69, 9.17) is 9.47 Å². The van der Waals surface area contributed by atoms with E-state index in [1.807, 2.05) is 56.3 Å². The minimum absolute atomic E-state index is 0.0192. The number of fused-ring (bicyclic) bond motifs is 1. The maximum Gasteiger partial charge on any atom is 0.300 e. The fourth-order valence-electron chi connectivity index (χ4n) is 4.74. The molecule has 2 heterocycles. The number of ether oxygens (including phenoxy) is 2. The van der Waals surface area contributed by atoms with Gasteiger partial charge in [0.15, 0.2) is 0 Å². The summed E-state index contributed by atoms with van der Waals surface area (Å²) in [5.41, 5.74) is 1.51. The molecule has 1 amide bonds. The summed E-state index contributed by atoms with van der Waals surface area (Å²) < 4.78 is 11.4. The van der Waals surface area contributed by atoms with Crippen LogP contribution in [-0.4, -0.2) is 35.0 Å². The Labute approximate surface area is 214 Å². The van der Waals surface area contributed by atoms with Crippen LogP contribution in [0, 0.1) is 0 Å². The van der Waals surface area contributed by atoms with Crippen molar-refractivity contribution in [1.82, 2.24) is 4.98 Å². The molecule has 3 aromatic carbocycles.